The highest BCUT2D eigenvalue weighted by Gasteiger charge is 2.30. The molecule has 1 fully saturated rings. The topological polar surface area (TPSA) is 81.0 Å². The van der Waals surface area contributed by atoms with Crippen LogP contribution in [0.3, 0.4) is 0 Å². The number of rotatable bonds is 5. The standard InChI is InChI=1S/C22H20ClN3O4S/c1-13-16(23)6-7-17-20(13)25(10-11-30-2)22(31-17)24-21(29)14-4-3-5-15(12-14)26-18(27)8-9-19(26)28/h3-7,12H,8-11H2,1-2H3. The number of anilines is 1. The van der Waals surface area contributed by atoms with Gasteiger partial charge in [0.25, 0.3) is 5.91 Å². The molecule has 0 unspecified atom stereocenters. The van der Waals surface area contributed by atoms with Crippen LogP contribution in [0.5, 0.6) is 0 Å². The number of thiazole rings is 1. The van der Waals surface area contributed by atoms with Gasteiger partial charge in [0.2, 0.25) is 11.8 Å². The Bertz CT molecular complexity index is 1260. The van der Waals surface area contributed by atoms with Crippen molar-refractivity contribution >= 4 is 56.6 Å². The van der Waals surface area contributed by atoms with Crippen molar-refractivity contribution in [3.05, 3.63) is 57.3 Å². The third kappa shape index (κ3) is 4.06. The highest BCUT2D eigenvalue weighted by atomic mass is 35.5. The number of carbonyl (C=O) groups excluding carboxylic acids is 3. The van der Waals surface area contributed by atoms with Crippen LogP contribution in [0.2, 0.25) is 5.02 Å². The van der Waals surface area contributed by atoms with Crippen molar-refractivity contribution in [3.63, 3.8) is 0 Å². The van der Waals surface area contributed by atoms with E-state index in [1.54, 1.807) is 25.3 Å². The molecule has 0 atom stereocenters. The maximum atomic E-state index is 13.0. The van der Waals surface area contributed by atoms with Crippen LogP contribution in [0.4, 0.5) is 5.69 Å². The molecule has 3 amide bonds. The summed E-state index contributed by atoms with van der Waals surface area (Å²) in [6.45, 7) is 2.90. The Morgan fingerprint density at radius 1 is 1.19 bits per heavy atom. The van der Waals surface area contributed by atoms with Gasteiger partial charge in [-0.1, -0.05) is 29.0 Å². The summed E-state index contributed by atoms with van der Waals surface area (Å²) in [5.41, 5.74) is 2.52. The molecule has 3 aromatic rings. The zero-order chi connectivity index (χ0) is 22.1. The van der Waals surface area contributed by atoms with E-state index in [0.29, 0.717) is 34.2 Å². The summed E-state index contributed by atoms with van der Waals surface area (Å²) < 4.78 is 8.12. The quantitative estimate of drug-likeness (QED) is 0.547. The van der Waals surface area contributed by atoms with Gasteiger partial charge in [-0.2, -0.15) is 4.99 Å². The van der Waals surface area contributed by atoms with Crippen LogP contribution in [0.15, 0.2) is 41.4 Å². The van der Waals surface area contributed by atoms with Gasteiger partial charge in [0.15, 0.2) is 4.80 Å². The van der Waals surface area contributed by atoms with Crippen molar-refractivity contribution in [1.29, 1.82) is 0 Å². The van der Waals surface area contributed by atoms with Crippen LogP contribution in [-0.4, -0.2) is 36.0 Å². The van der Waals surface area contributed by atoms with E-state index in [2.05, 4.69) is 4.99 Å². The lowest BCUT2D eigenvalue weighted by Crippen LogP contribution is -2.28. The minimum atomic E-state index is -0.456. The minimum absolute atomic E-state index is 0.185. The number of aryl methyl sites for hydroxylation is 1. The second kappa shape index (κ2) is 8.74. The van der Waals surface area contributed by atoms with Gasteiger partial charge < -0.3 is 9.30 Å². The molecule has 1 aliphatic heterocycles. The number of fused-ring (bicyclic) bond motifs is 1. The molecule has 160 valence electrons. The summed E-state index contributed by atoms with van der Waals surface area (Å²) in [4.78, 5) is 43.1. The van der Waals surface area contributed by atoms with Gasteiger partial charge in [0.05, 0.1) is 22.5 Å². The van der Waals surface area contributed by atoms with Crippen molar-refractivity contribution in [2.45, 2.75) is 26.3 Å². The molecule has 0 bridgehead atoms. The fourth-order valence-corrected chi connectivity index (χ4v) is 4.85. The molecule has 0 spiro atoms. The number of aromatic nitrogens is 1. The van der Waals surface area contributed by atoms with E-state index in [9.17, 15) is 14.4 Å². The van der Waals surface area contributed by atoms with Gasteiger partial charge in [-0.05, 0) is 42.8 Å². The van der Waals surface area contributed by atoms with Crippen LogP contribution >= 0.6 is 22.9 Å². The number of ether oxygens (including phenoxy) is 1. The Kier molecular flexibility index (Phi) is 6.04. The summed E-state index contributed by atoms with van der Waals surface area (Å²) in [5, 5.41) is 0.641. The van der Waals surface area contributed by atoms with E-state index in [4.69, 9.17) is 16.3 Å². The average molecular weight is 458 g/mol. The zero-order valence-corrected chi connectivity index (χ0v) is 18.6. The van der Waals surface area contributed by atoms with Crippen LogP contribution in [0, 0.1) is 6.92 Å². The van der Waals surface area contributed by atoms with Crippen molar-refractivity contribution in [2.24, 2.45) is 4.99 Å². The molecule has 4 rings (SSSR count). The van der Waals surface area contributed by atoms with Crippen LogP contribution in [0.25, 0.3) is 10.2 Å². The number of methoxy groups -OCH3 is 1. The number of imide groups is 1. The largest absolute Gasteiger partial charge is 0.383 e. The first kappa shape index (κ1) is 21.4. The molecule has 7 nitrogen and oxygen atoms in total. The maximum Gasteiger partial charge on any atom is 0.279 e. The van der Waals surface area contributed by atoms with Gasteiger partial charge in [-0.3, -0.25) is 19.3 Å². The van der Waals surface area contributed by atoms with Crippen molar-refractivity contribution < 1.29 is 19.1 Å². The SMILES string of the molecule is COCCn1c(=NC(=O)c2cccc(N3C(=O)CCC3=O)c2)sc2ccc(Cl)c(C)c21. The number of carbonyl (C=O) groups is 3. The Morgan fingerprint density at radius 3 is 2.65 bits per heavy atom. The average Bonchev–Trinajstić information content (AvgIpc) is 3.28. The molecule has 2 heterocycles. The number of hydrogen-bond donors (Lipinski definition) is 0. The molecule has 0 radical (unpaired) electrons. The summed E-state index contributed by atoms with van der Waals surface area (Å²) in [7, 11) is 1.61. The Balaban J connectivity index is 1.78. The molecule has 1 aliphatic rings. The summed E-state index contributed by atoms with van der Waals surface area (Å²) in [6.07, 6.45) is 0.370. The molecule has 0 N–H and O–H groups in total. The van der Waals surface area contributed by atoms with E-state index >= 15 is 0 Å². The van der Waals surface area contributed by atoms with Crippen LogP contribution in [0.1, 0.15) is 28.8 Å². The van der Waals surface area contributed by atoms with Gasteiger partial charge in [-0.15, -0.1) is 0 Å². The zero-order valence-electron chi connectivity index (χ0n) is 17.1. The maximum absolute atomic E-state index is 13.0. The summed E-state index contributed by atoms with van der Waals surface area (Å²) >= 11 is 7.70. The lowest BCUT2D eigenvalue weighted by atomic mass is 10.2. The molecule has 9 heteroatoms. The first-order chi connectivity index (χ1) is 14.9. The van der Waals surface area contributed by atoms with E-state index in [-0.39, 0.29) is 24.7 Å². The predicted molar refractivity (Wildman–Crippen MR) is 120 cm³/mol. The normalized spacial score (nSPS) is 14.8. The third-order valence-electron chi connectivity index (χ3n) is 5.15. The Morgan fingerprint density at radius 2 is 1.94 bits per heavy atom. The van der Waals surface area contributed by atoms with Crippen LogP contribution < -0.4 is 9.70 Å². The highest BCUT2D eigenvalue weighted by Crippen LogP contribution is 2.27. The fraction of sp³-hybridized carbons (Fsp3) is 0.273. The van der Waals surface area contributed by atoms with E-state index in [0.717, 1.165) is 20.7 Å². The monoisotopic (exact) mass is 457 g/mol. The van der Waals surface area contributed by atoms with E-state index < -0.39 is 5.91 Å². The van der Waals surface area contributed by atoms with Gasteiger partial charge in [0.1, 0.15) is 0 Å². The molecular weight excluding hydrogens is 438 g/mol. The Hall–Kier alpha value is -2.81. The number of amides is 3. The molecule has 31 heavy (non-hydrogen) atoms. The molecule has 1 aromatic heterocycles. The third-order valence-corrected chi connectivity index (χ3v) is 6.60. The molecule has 2 aromatic carbocycles. The van der Waals surface area contributed by atoms with Gasteiger partial charge in [-0.25, -0.2) is 0 Å². The van der Waals surface area contributed by atoms with Crippen molar-refractivity contribution in [1.82, 2.24) is 4.57 Å². The molecular formula is C22H20ClN3O4S. The summed E-state index contributed by atoms with van der Waals surface area (Å²) in [6, 6.07) is 10.2. The number of benzene rings is 2. The molecule has 0 saturated carbocycles. The number of nitrogens with zero attached hydrogens (tertiary/aromatic N) is 3. The molecule has 1 saturated heterocycles. The number of halogens is 1. The minimum Gasteiger partial charge on any atom is -0.383 e. The lowest BCUT2D eigenvalue weighted by molar-refractivity contribution is -0.121. The van der Waals surface area contributed by atoms with Gasteiger partial charge >= 0.3 is 0 Å². The molecule has 0 aliphatic carbocycles. The highest BCUT2D eigenvalue weighted by molar-refractivity contribution is 7.16. The van der Waals surface area contributed by atoms with Gasteiger partial charge in [0, 0.05) is 37.1 Å². The first-order valence-corrected chi connectivity index (χ1v) is 10.9. The smallest absolute Gasteiger partial charge is 0.279 e. The summed E-state index contributed by atoms with van der Waals surface area (Å²) in [5.74, 6) is -0.982. The second-order valence-corrected chi connectivity index (χ2v) is 8.55. The van der Waals surface area contributed by atoms with E-state index in [1.165, 1.54) is 17.4 Å². The Labute approximate surface area is 187 Å². The van der Waals surface area contributed by atoms with Crippen LogP contribution in [-0.2, 0) is 20.9 Å². The van der Waals surface area contributed by atoms with Crippen molar-refractivity contribution in [3.8, 4) is 0 Å². The van der Waals surface area contributed by atoms with E-state index in [1.807, 2.05) is 23.6 Å². The first-order valence-electron chi connectivity index (χ1n) is 9.73. The second-order valence-electron chi connectivity index (χ2n) is 7.14. The lowest BCUT2D eigenvalue weighted by Gasteiger charge is -2.14. The number of hydrogen-bond acceptors (Lipinski definition) is 5. The van der Waals surface area contributed by atoms with Crippen molar-refractivity contribution in [2.75, 3.05) is 18.6 Å². The predicted octanol–water partition coefficient (Wildman–Crippen LogP) is 3.71. The fourth-order valence-electron chi connectivity index (χ4n) is 3.58.